The van der Waals surface area contributed by atoms with Crippen molar-refractivity contribution in [3.05, 3.63) is 47.0 Å². The molecule has 2 aliphatic heterocycles. The summed E-state index contributed by atoms with van der Waals surface area (Å²) in [6, 6.07) is 4.12. The van der Waals surface area contributed by atoms with Crippen LogP contribution in [0.1, 0.15) is 75.7 Å². The zero-order chi connectivity index (χ0) is 35.0. The quantitative estimate of drug-likeness (QED) is 0.306. The normalized spacial score (nSPS) is 26.6. The van der Waals surface area contributed by atoms with Crippen molar-refractivity contribution >= 4 is 51.0 Å². The van der Waals surface area contributed by atoms with E-state index in [1.807, 2.05) is 50.4 Å². The van der Waals surface area contributed by atoms with Gasteiger partial charge < -0.3 is 20.3 Å². The Bertz CT molecular complexity index is 1770. The maximum Gasteiger partial charge on any atom is 0.411 e. The van der Waals surface area contributed by atoms with Gasteiger partial charge in [-0.25, -0.2) is 23.0 Å². The highest BCUT2D eigenvalue weighted by molar-refractivity contribution is 7.91. The molecule has 4 atom stereocenters. The number of nitrogens with zero attached hydrogens (tertiary/aromatic N) is 2. The van der Waals surface area contributed by atoms with Crippen molar-refractivity contribution in [1.82, 2.24) is 25.2 Å². The zero-order valence-electron chi connectivity index (χ0n) is 28.0. The van der Waals surface area contributed by atoms with Gasteiger partial charge in [0.2, 0.25) is 15.9 Å². The van der Waals surface area contributed by atoms with Crippen molar-refractivity contribution in [2.45, 2.75) is 101 Å². The minimum absolute atomic E-state index is 0.00569. The SMILES string of the molecule is CCc1cnc(-c2ccc(C)cc2NC(=O)OC2CC3C(=O)NC4(C(=O)NS(=O)(=O)C5(C)CC5)CC4C=CCCCCCNC(=O)N3C2)s1. The number of carbonyl (C=O) groups excluding carboxylic acids is 4. The topological polar surface area (TPSA) is 176 Å². The maximum atomic E-state index is 13.9. The summed E-state index contributed by atoms with van der Waals surface area (Å²) >= 11 is 1.54. The molecule has 0 radical (unpaired) electrons. The fourth-order valence-electron chi connectivity index (χ4n) is 6.38. The first-order chi connectivity index (χ1) is 23.3. The number of anilines is 1. The first kappa shape index (κ1) is 34.9. The van der Waals surface area contributed by atoms with Crippen LogP contribution in [0.3, 0.4) is 0 Å². The predicted molar refractivity (Wildman–Crippen MR) is 185 cm³/mol. The molecule has 2 aliphatic carbocycles. The molecule has 264 valence electrons. The molecule has 2 saturated carbocycles. The van der Waals surface area contributed by atoms with Gasteiger partial charge in [-0.3, -0.25) is 19.6 Å². The summed E-state index contributed by atoms with van der Waals surface area (Å²) in [4.78, 5) is 61.1. The summed E-state index contributed by atoms with van der Waals surface area (Å²) in [6.45, 7) is 5.92. The molecule has 3 fully saturated rings. The molecule has 1 saturated heterocycles. The van der Waals surface area contributed by atoms with Gasteiger partial charge in [0, 0.05) is 35.5 Å². The molecule has 5 amide bonds. The Labute approximate surface area is 290 Å². The maximum absolute atomic E-state index is 13.9. The first-order valence-corrected chi connectivity index (χ1v) is 19.3. The van der Waals surface area contributed by atoms with Crippen molar-refractivity contribution in [3.63, 3.8) is 0 Å². The minimum atomic E-state index is -3.95. The van der Waals surface area contributed by atoms with Gasteiger partial charge in [0.05, 0.1) is 17.0 Å². The van der Waals surface area contributed by atoms with Gasteiger partial charge in [-0.2, -0.15) is 0 Å². The Balaban J connectivity index is 1.19. The van der Waals surface area contributed by atoms with Crippen LogP contribution in [0.15, 0.2) is 36.5 Å². The van der Waals surface area contributed by atoms with Crippen LogP contribution in [-0.2, 0) is 30.8 Å². The van der Waals surface area contributed by atoms with Gasteiger partial charge in [-0.1, -0.05) is 31.6 Å². The number of urea groups is 1. The molecule has 15 heteroatoms. The second kappa shape index (κ2) is 13.7. The average Bonchev–Trinajstić information content (AvgIpc) is 3.83. The lowest BCUT2D eigenvalue weighted by molar-refractivity contribution is -0.131. The number of ether oxygens (including phenoxy) is 1. The number of amides is 5. The third-order valence-corrected chi connectivity index (χ3v) is 13.3. The molecule has 1 aromatic carbocycles. The van der Waals surface area contributed by atoms with Crippen LogP contribution in [0.4, 0.5) is 15.3 Å². The second-order valence-corrected chi connectivity index (χ2v) is 17.1. The van der Waals surface area contributed by atoms with Crippen LogP contribution in [0, 0.1) is 12.8 Å². The van der Waals surface area contributed by atoms with E-state index in [0.717, 1.165) is 53.1 Å². The number of benzene rings is 1. The smallest absolute Gasteiger partial charge is 0.411 e. The highest BCUT2D eigenvalue weighted by Gasteiger charge is 2.63. The summed E-state index contributed by atoms with van der Waals surface area (Å²) in [7, 11) is -3.95. The molecule has 6 rings (SSSR count). The molecule has 4 aliphatic rings. The minimum Gasteiger partial charge on any atom is -0.444 e. The highest BCUT2D eigenvalue weighted by Crippen LogP contribution is 2.47. The lowest BCUT2D eigenvalue weighted by Crippen LogP contribution is -2.57. The van der Waals surface area contributed by atoms with Crippen LogP contribution in [-0.4, -0.2) is 77.8 Å². The standard InChI is InChI=1S/C34H44N6O7S2/c1-4-24-19-36-29(48-24)25-12-11-21(2)16-26(25)37-32(44)47-23-17-27-28(41)38-34(30(42)39-49(45,46)33(3)13-14-33)18-22(34)10-8-6-5-7-9-15-35-31(43)40(27)20-23/h8,10-12,16,19,22-23,27H,4-7,9,13-15,17-18,20H2,1-3H3,(H,35,43)(H,37,44)(H,38,41)(H,39,42). The fourth-order valence-corrected chi connectivity index (χ4v) is 8.58. The second-order valence-electron chi connectivity index (χ2n) is 13.8. The number of fused-ring (bicyclic) bond motifs is 2. The van der Waals surface area contributed by atoms with Gasteiger partial charge in [-0.15, -0.1) is 11.3 Å². The number of carbonyl (C=O) groups is 4. The zero-order valence-corrected chi connectivity index (χ0v) is 29.7. The Hall–Kier alpha value is -3.98. The Morgan fingerprint density at radius 3 is 2.71 bits per heavy atom. The van der Waals surface area contributed by atoms with Gasteiger partial charge in [0.15, 0.2) is 0 Å². The average molecular weight is 713 g/mol. The Kier molecular flexibility index (Phi) is 9.77. The van der Waals surface area contributed by atoms with E-state index in [-0.39, 0.29) is 19.4 Å². The third kappa shape index (κ3) is 7.47. The lowest BCUT2D eigenvalue weighted by Gasteiger charge is -2.27. The molecule has 4 N–H and O–H groups in total. The van der Waals surface area contributed by atoms with E-state index in [9.17, 15) is 27.6 Å². The van der Waals surface area contributed by atoms with Crippen LogP contribution in [0.5, 0.6) is 0 Å². The van der Waals surface area contributed by atoms with Crippen molar-refractivity contribution in [3.8, 4) is 10.6 Å². The number of aryl methyl sites for hydroxylation is 2. The third-order valence-electron chi connectivity index (χ3n) is 9.93. The van der Waals surface area contributed by atoms with E-state index in [1.54, 1.807) is 18.3 Å². The predicted octanol–water partition coefficient (Wildman–Crippen LogP) is 4.39. The Morgan fingerprint density at radius 2 is 1.98 bits per heavy atom. The van der Waals surface area contributed by atoms with Gasteiger partial charge in [0.1, 0.15) is 22.7 Å². The molecule has 0 spiro atoms. The highest BCUT2D eigenvalue weighted by atomic mass is 32.2. The van der Waals surface area contributed by atoms with E-state index in [2.05, 4.69) is 25.7 Å². The Morgan fingerprint density at radius 1 is 1.18 bits per heavy atom. The molecule has 2 aromatic rings. The van der Waals surface area contributed by atoms with E-state index in [0.29, 0.717) is 25.1 Å². The number of nitrogens with one attached hydrogen (secondary N) is 4. The summed E-state index contributed by atoms with van der Waals surface area (Å²) in [5, 5.41) is 9.29. The number of sulfonamides is 1. The van der Waals surface area contributed by atoms with Gasteiger partial charge in [0.25, 0.3) is 5.91 Å². The fraction of sp³-hybridized carbons (Fsp3) is 0.559. The van der Waals surface area contributed by atoms with Crippen molar-refractivity contribution in [2.24, 2.45) is 5.92 Å². The number of allylic oxidation sites excluding steroid dienone is 1. The number of hydrogen-bond donors (Lipinski definition) is 4. The first-order valence-electron chi connectivity index (χ1n) is 17.0. The molecule has 13 nitrogen and oxygen atoms in total. The van der Waals surface area contributed by atoms with E-state index in [1.165, 1.54) is 4.90 Å². The molecule has 1 aromatic heterocycles. The van der Waals surface area contributed by atoms with Crippen LogP contribution in [0.25, 0.3) is 10.6 Å². The van der Waals surface area contributed by atoms with Crippen molar-refractivity contribution < 1.29 is 32.3 Å². The summed E-state index contributed by atoms with van der Waals surface area (Å²) in [6.07, 6.45) is 9.30. The summed E-state index contributed by atoms with van der Waals surface area (Å²) in [5.41, 5.74) is 0.733. The molecule has 0 bridgehead atoms. The van der Waals surface area contributed by atoms with E-state index < -0.39 is 62.3 Å². The summed E-state index contributed by atoms with van der Waals surface area (Å²) in [5.74, 6) is -1.80. The number of aromatic nitrogens is 1. The van der Waals surface area contributed by atoms with Crippen LogP contribution < -0.4 is 20.7 Å². The molecule has 49 heavy (non-hydrogen) atoms. The van der Waals surface area contributed by atoms with Gasteiger partial charge >= 0.3 is 12.1 Å². The number of thiazole rings is 1. The lowest BCUT2D eigenvalue weighted by atomic mass is 10.1. The van der Waals surface area contributed by atoms with E-state index >= 15 is 0 Å². The van der Waals surface area contributed by atoms with Crippen LogP contribution in [0.2, 0.25) is 0 Å². The molecular weight excluding hydrogens is 669 g/mol. The molecule has 3 heterocycles. The monoisotopic (exact) mass is 712 g/mol. The molecular formula is C34H44N6O7S2. The van der Waals surface area contributed by atoms with Crippen molar-refractivity contribution in [2.75, 3.05) is 18.4 Å². The van der Waals surface area contributed by atoms with Crippen LogP contribution >= 0.6 is 11.3 Å². The molecule has 4 unspecified atom stereocenters. The number of hydrogen-bond acceptors (Lipinski definition) is 9. The van der Waals surface area contributed by atoms with Gasteiger partial charge in [-0.05, 0) is 76.5 Å². The van der Waals surface area contributed by atoms with Crippen molar-refractivity contribution in [1.29, 1.82) is 0 Å². The van der Waals surface area contributed by atoms with E-state index in [4.69, 9.17) is 4.74 Å². The largest absolute Gasteiger partial charge is 0.444 e. The summed E-state index contributed by atoms with van der Waals surface area (Å²) < 4.78 is 33.0. The number of rotatable bonds is 7.